The van der Waals surface area contributed by atoms with Gasteiger partial charge < -0.3 is 14.8 Å². The molecule has 148 valence electrons. The van der Waals surface area contributed by atoms with Gasteiger partial charge in [-0.15, -0.1) is 0 Å². The second-order valence-corrected chi connectivity index (χ2v) is 7.29. The van der Waals surface area contributed by atoms with E-state index in [1.54, 1.807) is 36.4 Å². The van der Waals surface area contributed by atoms with E-state index in [0.717, 1.165) is 28.3 Å². The SMILES string of the molecule is Cc1ccc(C(=O)N2CCc3c(nc(-c4ccncc4)nc3N(C)C)C2)c(=O)[nH]1. The standard InChI is InChI=1S/C21H22N6O2/c1-13-4-5-16(20(28)23-13)21(29)27-11-8-15-17(12-27)24-18(25-19(15)26(2)3)14-6-9-22-10-7-14/h4-7,9-10H,8,11-12H2,1-3H3,(H,23,28). The molecule has 4 rings (SSSR count). The number of aromatic amines is 1. The van der Waals surface area contributed by atoms with Crippen molar-refractivity contribution >= 4 is 11.7 Å². The number of aryl methyl sites for hydroxylation is 1. The van der Waals surface area contributed by atoms with Crippen molar-refractivity contribution in [1.29, 1.82) is 0 Å². The molecule has 0 aliphatic carbocycles. The summed E-state index contributed by atoms with van der Waals surface area (Å²) in [5.74, 6) is 1.16. The molecule has 0 spiro atoms. The normalized spacial score (nSPS) is 13.1. The Morgan fingerprint density at radius 3 is 2.59 bits per heavy atom. The third-order valence-corrected chi connectivity index (χ3v) is 4.98. The number of carbonyl (C=O) groups excluding carboxylic acids is 1. The Bertz CT molecular complexity index is 1120. The monoisotopic (exact) mass is 390 g/mol. The van der Waals surface area contributed by atoms with E-state index in [9.17, 15) is 9.59 Å². The molecule has 4 heterocycles. The number of aromatic nitrogens is 4. The molecule has 8 heteroatoms. The number of nitrogens with zero attached hydrogens (tertiary/aromatic N) is 5. The maximum Gasteiger partial charge on any atom is 0.260 e. The highest BCUT2D eigenvalue weighted by Crippen LogP contribution is 2.28. The van der Waals surface area contributed by atoms with Gasteiger partial charge in [-0.2, -0.15) is 0 Å². The first kappa shape index (κ1) is 18.8. The molecule has 1 N–H and O–H groups in total. The van der Waals surface area contributed by atoms with Crippen LogP contribution in [-0.2, 0) is 13.0 Å². The van der Waals surface area contributed by atoms with Crippen LogP contribution < -0.4 is 10.5 Å². The summed E-state index contributed by atoms with van der Waals surface area (Å²) in [5, 5.41) is 0. The van der Waals surface area contributed by atoms with Crippen LogP contribution in [0.5, 0.6) is 0 Å². The summed E-state index contributed by atoms with van der Waals surface area (Å²) in [6.45, 7) is 2.63. The number of hydrogen-bond acceptors (Lipinski definition) is 6. The third kappa shape index (κ3) is 3.61. The fourth-order valence-corrected chi connectivity index (χ4v) is 3.49. The van der Waals surface area contributed by atoms with Crippen molar-refractivity contribution in [3.8, 4) is 11.4 Å². The molecule has 0 fully saturated rings. The Kier molecular flexibility index (Phi) is 4.84. The highest BCUT2D eigenvalue weighted by atomic mass is 16.2. The van der Waals surface area contributed by atoms with E-state index in [0.29, 0.717) is 25.3 Å². The molecule has 0 bridgehead atoms. The molecule has 8 nitrogen and oxygen atoms in total. The topological polar surface area (TPSA) is 95.1 Å². The molecule has 1 aliphatic rings. The number of nitrogens with one attached hydrogen (secondary N) is 1. The maximum atomic E-state index is 13.0. The highest BCUT2D eigenvalue weighted by molar-refractivity contribution is 5.94. The minimum atomic E-state index is -0.366. The molecule has 0 radical (unpaired) electrons. The maximum absolute atomic E-state index is 13.0. The summed E-state index contributed by atoms with van der Waals surface area (Å²) < 4.78 is 0. The van der Waals surface area contributed by atoms with Crippen LogP contribution in [0.2, 0.25) is 0 Å². The number of fused-ring (bicyclic) bond motifs is 1. The second-order valence-electron chi connectivity index (χ2n) is 7.29. The number of amides is 1. The van der Waals surface area contributed by atoms with E-state index in [4.69, 9.17) is 9.97 Å². The van der Waals surface area contributed by atoms with Gasteiger partial charge >= 0.3 is 0 Å². The van der Waals surface area contributed by atoms with E-state index in [-0.39, 0.29) is 17.0 Å². The summed E-state index contributed by atoms with van der Waals surface area (Å²) in [6.07, 6.45) is 4.04. The first-order chi connectivity index (χ1) is 13.9. The van der Waals surface area contributed by atoms with Crippen molar-refractivity contribution in [1.82, 2.24) is 24.8 Å². The summed E-state index contributed by atoms with van der Waals surface area (Å²) in [4.78, 5) is 45.0. The molecule has 1 aliphatic heterocycles. The van der Waals surface area contributed by atoms with E-state index < -0.39 is 0 Å². The Balaban J connectivity index is 1.72. The average Bonchev–Trinajstić information content (AvgIpc) is 2.72. The Morgan fingerprint density at radius 2 is 1.90 bits per heavy atom. The fourth-order valence-electron chi connectivity index (χ4n) is 3.49. The van der Waals surface area contributed by atoms with E-state index in [1.807, 2.05) is 31.1 Å². The summed E-state index contributed by atoms with van der Waals surface area (Å²) in [5.41, 5.74) is 3.21. The van der Waals surface area contributed by atoms with Crippen LogP contribution in [0, 0.1) is 6.92 Å². The van der Waals surface area contributed by atoms with Crippen molar-refractivity contribution in [2.75, 3.05) is 25.5 Å². The summed E-state index contributed by atoms with van der Waals surface area (Å²) in [6, 6.07) is 7.04. The number of anilines is 1. The van der Waals surface area contributed by atoms with E-state index >= 15 is 0 Å². The minimum Gasteiger partial charge on any atom is -0.362 e. The van der Waals surface area contributed by atoms with Crippen molar-refractivity contribution in [3.63, 3.8) is 0 Å². The molecule has 3 aromatic heterocycles. The lowest BCUT2D eigenvalue weighted by atomic mass is 10.0. The van der Waals surface area contributed by atoms with Gasteiger partial charge in [-0.3, -0.25) is 14.6 Å². The first-order valence-electron chi connectivity index (χ1n) is 9.40. The fraction of sp³-hybridized carbons (Fsp3) is 0.286. The summed E-state index contributed by atoms with van der Waals surface area (Å²) in [7, 11) is 3.89. The number of rotatable bonds is 3. The van der Waals surface area contributed by atoms with Crippen LogP contribution in [-0.4, -0.2) is 51.4 Å². The van der Waals surface area contributed by atoms with Gasteiger partial charge in [-0.25, -0.2) is 9.97 Å². The zero-order valence-corrected chi connectivity index (χ0v) is 16.6. The van der Waals surface area contributed by atoms with Gasteiger partial charge in [-0.1, -0.05) is 0 Å². The van der Waals surface area contributed by atoms with Crippen molar-refractivity contribution in [2.24, 2.45) is 0 Å². The van der Waals surface area contributed by atoms with Crippen LogP contribution in [0.15, 0.2) is 41.5 Å². The molecule has 0 saturated heterocycles. The van der Waals surface area contributed by atoms with Gasteiger partial charge in [0.1, 0.15) is 11.4 Å². The summed E-state index contributed by atoms with van der Waals surface area (Å²) >= 11 is 0. The number of carbonyl (C=O) groups is 1. The predicted molar refractivity (Wildman–Crippen MR) is 110 cm³/mol. The Morgan fingerprint density at radius 1 is 1.14 bits per heavy atom. The number of pyridine rings is 2. The van der Waals surface area contributed by atoms with Crippen LogP contribution in [0.25, 0.3) is 11.4 Å². The predicted octanol–water partition coefficient (Wildman–Crippen LogP) is 1.80. The van der Waals surface area contributed by atoms with Crippen LogP contribution in [0.4, 0.5) is 5.82 Å². The Labute approximate surface area is 168 Å². The van der Waals surface area contributed by atoms with E-state index in [2.05, 4.69) is 9.97 Å². The molecular formula is C21H22N6O2. The molecule has 29 heavy (non-hydrogen) atoms. The van der Waals surface area contributed by atoms with Crippen LogP contribution in [0.3, 0.4) is 0 Å². The minimum absolute atomic E-state index is 0.148. The number of hydrogen-bond donors (Lipinski definition) is 1. The van der Waals surface area contributed by atoms with Gasteiger partial charge in [0.25, 0.3) is 11.5 Å². The van der Waals surface area contributed by atoms with Crippen molar-refractivity contribution in [2.45, 2.75) is 19.9 Å². The van der Waals surface area contributed by atoms with Crippen molar-refractivity contribution < 1.29 is 4.79 Å². The van der Waals surface area contributed by atoms with Gasteiger partial charge in [0.15, 0.2) is 5.82 Å². The third-order valence-electron chi connectivity index (χ3n) is 4.98. The van der Waals surface area contributed by atoms with Crippen molar-refractivity contribution in [3.05, 3.63) is 69.5 Å². The largest absolute Gasteiger partial charge is 0.362 e. The van der Waals surface area contributed by atoms with E-state index in [1.165, 1.54) is 0 Å². The Hall–Kier alpha value is -3.55. The van der Waals surface area contributed by atoms with Gasteiger partial charge in [0.05, 0.1) is 12.2 Å². The zero-order chi connectivity index (χ0) is 20.5. The lowest BCUT2D eigenvalue weighted by molar-refractivity contribution is 0.0730. The average molecular weight is 390 g/mol. The lowest BCUT2D eigenvalue weighted by Crippen LogP contribution is -2.39. The van der Waals surface area contributed by atoms with Crippen LogP contribution in [0.1, 0.15) is 27.3 Å². The lowest BCUT2D eigenvalue weighted by Gasteiger charge is -2.30. The van der Waals surface area contributed by atoms with Gasteiger partial charge in [0, 0.05) is 49.9 Å². The molecule has 0 unspecified atom stereocenters. The highest BCUT2D eigenvalue weighted by Gasteiger charge is 2.28. The smallest absolute Gasteiger partial charge is 0.260 e. The molecule has 0 saturated carbocycles. The second kappa shape index (κ2) is 7.46. The molecule has 3 aromatic rings. The van der Waals surface area contributed by atoms with Gasteiger partial charge in [0.2, 0.25) is 0 Å². The van der Waals surface area contributed by atoms with Crippen LogP contribution >= 0.6 is 0 Å². The molecular weight excluding hydrogens is 368 g/mol. The zero-order valence-electron chi connectivity index (χ0n) is 16.6. The quantitative estimate of drug-likeness (QED) is 0.733. The molecule has 0 atom stereocenters. The van der Waals surface area contributed by atoms with Gasteiger partial charge in [-0.05, 0) is 37.6 Å². The molecule has 0 aromatic carbocycles. The first-order valence-corrected chi connectivity index (χ1v) is 9.40. The number of H-pyrrole nitrogens is 1. The molecule has 1 amide bonds.